The fourth-order valence-electron chi connectivity index (χ4n) is 1.51. The van der Waals surface area contributed by atoms with Crippen LogP contribution in [0.1, 0.15) is 19.3 Å². The molecule has 1 unspecified atom stereocenters. The Hall–Kier alpha value is 0.790. The molecule has 0 bridgehead atoms. The normalized spacial score (nSPS) is 23.8. The van der Waals surface area contributed by atoms with Crippen molar-refractivity contribution in [3.63, 3.8) is 0 Å². The van der Waals surface area contributed by atoms with Gasteiger partial charge in [-0.05, 0) is 38.6 Å². The molecule has 1 fully saturated rings. The monoisotopic (exact) mass is 251 g/mol. The highest BCUT2D eigenvalue weighted by atomic mass is 79.9. The van der Waals surface area contributed by atoms with Gasteiger partial charge in [0.1, 0.15) is 0 Å². The second-order valence-corrected chi connectivity index (χ2v) is 5.34. The molecule has 0 aromatic carbocycles. The molecular formula is C9H18BrNS. The summed E-state index contributed by atoms with van der Waals surface area (Å²) in [5.74, 6) is 2.72. The lowest BCUT2D eigenvalue weighted by Crippen LogP contribution is -2.32. The third kappa shape index (κ3) is 3.67. The van der Waals surface area contributed by atoms with Crippen molar-refractivity contribution < 1.29 is 0 Å². The molecule has 0 N–H and O–H groups in total. The van der Waals surface area contributed by atoms with Gasteiger partial charge in [0.15, 0.2) is 0 Å². The van der Waals surface area contributed by atoms with Crippen LogP contribution >= 0.6 is 27.7 Å². The smallest absolute Gasteiger partial charge is 0.0191 e. The number of nitrogens with zero attached hydrogens (tertiary/aromatic N) is 1. The molecule has 1 atom stereocenters. The van der Waals surface area contributed by atoms with Crippen molar-refractivity contribution in [2.45, 2.75) is 25.3 Å². The van der Waals surface area contributed by atoms with Gasteiger partial charge >= 0.3 is 0 Å². The summed E-state index contributed by atoms with van der Waals surface area (Å²) in [6, 6.07) is 0.866. The number of halogens is 1. The van der Waals surface area contributed by atoms with E-state index in [2.05, 4.69) is 39.6 Å². The van der Waals surface area contributed by atoms with Crippen molar-refractivity contribution in [1.29, 1.82) is 0 Å². The predicted molar refractivity (Wildman–Crippen MR) is 61.4 cm³/mol. The summed E-state index contributed by atoms with van der Waals surface area (Å²) >= 11 is 5.56. The van der Waals surface area contributed by atoms with Crippen LogP contribution in [-0.4, -0.2) is 41.4 Å². The zero-order valence-electron chi connectivity index (χ0n) is 7.76. The Balaban J connectivity index is 2.05. The minimum atomic E-state index is 0.866. The third-order valence-corrected chi connectivity index (χ3v) is 4.13. The second kappa shape index (κ2) is 6.28. The van der Waals surface area contributed by atoms with E-state index in [1.165, 1.54) is 37.3 Å². The maximum atomic E-state index is 3.46. The average molecular weight is 252 g/mol. The van der Waals surface area contributed by atoms with E-state index in [4.69, 9.17) is 0 Å². The first-order valence-corrected chi connectivity index (χ1v) is 6.96. The molecule has 72 valence electrons. The van der Waals surface area contributed by atoms with E-state index in [0.29, 0.717) is 0 Å². The zero-order valence-corrected chi connectivity index (χ0v) is 10.2. The van der Waals surface area contributed by atoms with Gasteiger partial charge in [-0.1, -0.05) is 15.9 Å². The SMILES string of the molecule is CN(CCCCBr)C1CCSC1. The Morgan fingerprint density at radius 1 is 1.50 bits per heavy atom. The van der Waals surface area contributed by atoms with Crippen molar-refractivity contribution in [1.82, 2.24) is 4.90 Å². The highest BCUT2D eigenvalue weighted by molar-refractivity contribution is 9.09. The largest absolute Gasteiger partial charge is 0.303 e. The second-order valence-electron chi connectivity index (χ2n) is 3.39. The molecule has 0 amide bonds. The van der Waals surface area contributed by atoms with Crippen LogP contribution in [0.4, 0.5) is 0 Å². The summed E-state index contributed by atoms with van der Waals surface area (Å²) in [6.07, 6.45) is 4.04. The fraction of sp³-hybridized carbons (Fsp3) is 1.00. The summed E-state index contributed by atoms with van der Waals surface area (Å²) in [6.45, 7) is 1.27. The Morgan fingerprint density at radius 2 is 2.33 bits per heavy atom. The van der Waals surface area contributed by atoms with E-state index in [-0.39, 0.29) is 0 Å². The summed E-state index contributed by atoms with van der Waals surface area (Å²) in [7, 11) is 2.27. The summed E-state index contributed by atoms with van der Waals surface area (Å²) in [5.41, 5.74) is 0. The molecule has 1 aliphatic rings. The van der Waals surface area contributed by atoms with Crippen molar-refractivity contribution in [3.05, 3.63) is 0 Å². The standard InChI is InChI=1S/C9H18BrNS/c1-11(6-3-2-5-10)9-4-7-12-8-9/h9H,2-8H2,1H3. The van der Waals surface area contributed by atoms with Gasteiger partial charge in [-0.25, -0.2) is 0 Å². The van der Waals surface area contributed by atoms with E-state index in [9.17, 15) is 0 Å². The average Bonchev–Trinajstić information content (AvgIpc) is 2.56. The molecule has 1 aliphatic heterocycles. The molecule has 12 heavy (non-hydrogen) atoms. The molecule has 0 saturated carbocycles. The summed E-state index contributed by atoms with van der Waals surface area (Å²) in [5, 5.41) is 1.15. The van der Waals surface area contributed by atoms with E-state index < -0.39 is 0 Å². The van der Waals surface area contributed by atoms with Gasteiger partial charge in [0, 0.05) is 17.1 Å². The predicted octanol–water partition coefficient (Wildman–Crippen LogP) is 2.60. The molecule has 0 aromatic heterocycles. The van der Waals surface area contributed by atoms with E-state index in [1.807, 2.05) is 0 Å². The first-order valence-electron chi connectivity index (χ1n) is 4.68. The van der Waals surface area contributed by atoms with Gasteiger partial charge in [-0.3, -0.25) is 0 Å². The van der Waals surface area contributed by atoms with Gasteiger partial charge in [0.05, 0.1) is 0 Å². The molecule has 1 rings (SSSR count). The highest BCUT2D eigenvalue weighted by Gasteiger charge is 2.18. The van der Waals surface area contributed by atoms with Gasteiger partial charge in [0.25, 0.3) is 0 Å². The van der Waals surface area contributed by atoms with Gasteiger partial charge < -0.3 is 4.90 Å². The number of unbranched alkanes of at least 4 members (excludes halogenated alkanes) is 1. The van der Waals surface area contributed by atoms with E-state index in [0.717, 1.165) is 11.4 Å². The Labute approximate surface area is 88.4 Å². The highest BCUT2D eigenvalue weighted by Crippen LogP contribution is 2.21. The van der Waals surface area contributed by atoms with Crippen molar-refractivity contribution in [2.24, 2.45) is 0 Å². The summed E-state index contributed by atoms with van der Waals surface area (Å²) < 4.78 is 0. The minimum absolute atomic E-state index is 0.866. The van der Waals surface area contributed by atoms with Gasteiger partial charge in [-0.2, -0.15) is 11.8 Å². The molecule has 1 saturated heterocycles. The maximum Gasteiger partial charge on any atom is 0.0191 e. The number of hydrogen-bond donors (Lipinski definition) is 0. The lowest BCUT2D eigenvalue weighted by atomic mass is 10.2. The first kappa shape index (κ1) is 10.9. The number of alkyl halides is 1. The Kier molecular flexibility index (Phi) is 5.68. The van der Waals surface area contributed by atoms with Crippen molar-refractivity contribution >= 4 is 27.7 Å². The van der Waals surface area contributed by atoms with E-state index in [1.54, 1.807) is 0 Å². The minimum Gasteiger partial charge on any atom is -0.303 e. The fourth-order valence-corrected chi connectivity index (χ4v) is 3.20. The molecule has 3 heteroatoms. The molecule has 0 aliphatic carbocycles. The topological polar surface area (TPSA) is 3.24 Å². The van der Waals surface area contributed by atoms with Crippen LogP contribution in [-0.2, 0) is 0 Å². The quantitative estimate of drug-likeness (QED) is 0.546. The number of hydrogen-bond acceptors (Lipinski definition) is 2. The van der Waals surface area contributed by atoms with Gasteiger partial charge in [-0.15, -0.1) is 0 Å². The number of thioether (sulfide) groups is 1. The molecule has 0 spiro atoms. The molecular weight excluding hydrogens is 234 g/mol. The summed E-state index contributed by atoms with van der Waals surface area (Å²) in [4.78, 5) is 2.53. The van der Waals surface area contributed by atoms with Crippen LogP contribution in [0.25, 0.3) is 0 Å². The van der Waals surface area contributed by atoms with Crippen molar-refractivity contribution in [2.75, 3.05) is 30.4 Å². The Bertz CT molecular complexity index is 115. The van der Waals surface area contributed by atoms with Crippen LogP contribution in [0.15, 0.2) is 0 Å². The van der Waals surface area contributed by atoms with Crippen LogP contribution < -0.4 is 0 Å². The zero-order chi connectivity index (χ0) is 8.81. The maximum absolute atomic E-state index is 3.46. The number of rotatable bonds is 5. The third-order valence-electron chi connectivity index (χ3n) is 2.42. The Morgan fingerprint density at radius 3 is 2.92 bits per heavy atom. The van der Waals surface area contributed by atoms with E-state index >= 15 is 0 Å². The lowest BCUT2D eigenvalue weighted by molar-refractivity contribution is 0.259. The van der Waals surface area contributed by atoms with Crippen LogP contribution in [0.3, 0.4) is 0 Å². The molecule has 1 heterocycles. The lowest BCUT2D eigenvalue weighted by Gasteiger charge is -2.22. The molecule has 0 aromatic rings. The molecule has 0 radical (unpaired) electrons. The molecule has 1 nitrogen and oxygen atoms in total. The van der Waals surface area contributed by atoms with Crippen LogP contribution in [0.5, 0.6) is 0 Å². The van der Waals surface area contributed by atoms with Gasteiger partial charge in [0.2, 0.25) is 0 Å². The van der Waals surface area contributed by atoms with Crippen LogP contribution in [0, 0.1) is 0 Å². The first-order chi connectivity index (χ1) is 5.84. The van der Waals surface area contributed by atoms with Crippen LogP contribution in [0.2, 0.25) is 0 Å². The van der Waals surface area contributed by atoms with Crippen molar-refractivity contribution in [3.8, 4) is 0 Å².